The van der Waals surface area contributed by atoms with E-state index in [1.165, 1.54) is 5.56 Å². The fourth-order valence-corrected chi connectivity index (χ4v) is 2.22. The third-order valence-electron chi connectivity index (χ3n) is 3.46. The van der Waals surface area contributed by atoms with Crippen LogP contribution in [0.3, 0.4) is 0 Å². The Morgan fingerprint density at radius 1 is 1.19 bits per heavy atom. The summed E-state index contributed by atoms with van der Waals surface area (Å²) in [6.07, 6.45) is 2.10. The molecule has 0 amide bonds. The Morgan fingerprint density at radius 2 is 1.95 bits per heavy atom. The summed E-state index contributed by atoms with van der Waals surface area (Å²) >= 11 is 0. The summed E-state index contributed by atoms with van der Waals surface area (Å²) in [5.74, 6) is 1.76. The van der Waals surface area contributed by atoms with E-state index in [4.69, 9.17) is 9.15 Å². The van der Waals surface area contributed by atoms with Crippen molar-refractivity contribution in [3.63, 3.8) is 0 Å². The van der Waals surface area contributed by atoms with Gasteiger partial charge in [-0.1, -0.05) is 19.1 Å². The van der Waals surface area contributed by atoms with Crippen LogP contribution in [0.25, 0.3) is 0 Å². The van der Waals surface area contributed by atoms with E-state index < -0.39 is 0 Å². The molecule has 4 heteroatoms. The Kier molecular flexibility index (Phi) is 5.84. The summed E-state index contributed by atoms with van der Waals surface area (Å²) in [5.41, 5.74) is 1.19. The van der Waals surface area contributed by atoms with Crippen LogP contribution in [0, 0.1) is 0 Å². The SMILES string of the molecule is CC[C@@H](O)CN(Cc1ccc(OC)cc1)Cc1ccco1. The van der Waals surface area contributed by atoms with E-state index in [1.807, 2.05) is 43.3 Å². The van der Waals surface area contributed by atoms with Crippen LogP contribution in [0.5, 0.6) is 5.75 Å². The van der Waals surface area contributed by atoms with Gasteiger partial charge in [-0.3, -0.25) is 4.90 Å². The molecular formula is C17H23NO3. The zero-order valence-electron chi connectivity index (χ0n) is 12.7. The first-order chi connectivity index (χ1) is 10.2. The minimum atomic E-state index is -0.321. The maximum absolute atomic E-state index is 9.92. The molecule has 2 aromatic rings. The molecule has 1 aromatic carbocycles. The second kappa shape index (κ2) is 7.86. The van der Waals surface area contributed by atoms with E-state index >= 15 is 0 Å². The highest BCUT2D eigenvalue weighted by Crippen LogP contribution is 2.15. The smallest absolute Gasteiger partial charge is 0.118 e. The van der Waals surface area contributed by atoms with E-state index in [-0.39, 0.29) is 6.10 Å². The average Bonchev–Trinajstić information content (AvgIpc) is 3.00. The molecule has 1 aromatic heterocycles. The topological polar surface area (TPSA) is 45.8 Å². The lowest BCUT2D eigenvalue weighted by Crippen LogP contribution is -2.31. The molecule has 1 heterocycles. The minimum Gasteiger partial charge on any atom is -0.497 e. The van der Waals surface area contributed by atoms with Gasteiger partial charge in [0.15, 0.2) is 0 Å². The number of benzene rings is 1. The van der Waals surface area contributed by atoms with Crippen LogP contribution in [0.15, 0.2) is 47.1 Å². The molecular weight excluding hydrogens is 266 g/mol. The van der Waals surface area contributed by atoms with E-state index in [0.717, 1.165) is 24.5 Å². The van der Waals surface area contributed by atoms with Gasteiger partial charge >= 0.3 is 0 Å². The van der Waals surface area contributed by atoms with Crippen LogP contribution >= 0.6 is 0 Å². The summed E-state index contributed by atoms with van der Waals surface area (Å²) in [6.45, 7) is 4.07. The zero-order chi connectivity index (χ0) is 15.1. The molecule has 0 radical (unpaired) electrons. The third-order valence-corrected chi connectivity index (χ3v) is 3.46. The summed E-state index contributed by atoms with van der Waals surface area (Å²) in [4.78, 5) is 2.19. The van der Waals surface area contributed by atoms with Crippen LogP contribution in [0.1, 0.15) is 24.7 Å². The fraction of sp³-hybridized carbons (Fsp3) is 0.412. The Balaban J connectivity index is 2.02. The Morgan fingerprint density at radius 3 is 2.52 bits per heavy atom. The molecule has 21 heavy (non-hydrogen) atoms. The van der Waals surface area contributed by atoms with Gasteiger partial charge in [-0.05, 0) is 36.2 Å². The normalized spacial score (nSPS) is 12.6. The van der Waals surface area contributed by atoms with Gasteiger partial charge in [0.2, 0.25) is 0 Å². The van der Waals surface area contributed by atoms with Crippen molar-refractivity contribution in [1.82, 2.24) is 4.90 Å². The largest absolute Gasteiger partial charge is 0.497 e. The van der Waals surface area contributed by atoms with Crippen molar-refractivity contribution in [2.24, 2.45) is 0 Å². The van der Waals surface area contributed by atoms with Crippen LogP contribution in [-0.2, 0) is 13.1 Å². The van der Waals surface area contributed by atoms with E-state index in [9.17, 15) is 5.11 Å². The van der Waals surface area contributed by atoms with Crippen molar-refractivity contribution in [2.75, 3.05) is 13.7 Å². The third kappa shape index (κ3) is 4.92. The first-order valence-electron chi connectivity index (χ1n) is 7.27. The number of hydrogen-bond donors (Lipinski definition) is 1. The molecule has 2 rings (SSSR count). The van der Waals surface area contributed by atoms with E-state index in [0.29, 0.717) is 13.1 Å². The molecule has 0 saturated heterocycles. The molecule has 0 aliphatic carbocycles. The van der Waals surface area contributed by atoms with Crippen molar-refractivity contribution in [3.8, 4) is 5.75 Å². The number of furan rings is 1. The number of nitrogens with zero attached hydrogens (tertiary/aromatic N) is 1. The summed E-state index contributed by atoms with van der Waals surface area (Å²) in [5, 5.41) is 9.92. The highest BCUT2D eigenvalue weighted by atomic mass is 16.5. The molecule has 0 bridgehead atoms. The second-order valence-corrected chi connectivity index (χ2v) is 5.16. The van der Waals surface area contributed by atoms with Gasteiger partial charge in [-0.15, -0.1) is 0 Å². The maximum atomic E-state index is 9.92. The molecule has 0 spiro atoms. The molecule has 1 atom stereocenters. The van der Waals surface area contributed by atoms with Crippen LogP contribution in [0.4, 0.5) is 0 Å². The molecule has 0 saturated carbocycles. The molecule has 0 aliphatic heterocycles. The maximum Gasteiger partial charge on any atom is 0.118 e. The summed E-state index contributed by atoms with van der Waals surface area (Å²) in [6, 6.07) is 11.8. The van der Waals surface area contributed by atoms with Crippen LogP contribution in [0.2, 0.25) is 0 Å². The molecule has 0 unspecified atom stereocenters. The molecule has 4 nitrogen and oxygen atoms in total. The highest BCUT2D eigenvalue weighted by molar-refractivity contribution is 5.27. The number of ether oxygens (including phenoxy) is 1. The molecule has 1 N–H and O–H groups in total. The standard InChI is InChI=1S/C17H23NO3/c1-3-15(19)12-18(13-17-5-4-10-21-17)11-14-6-8-16(20-2)9-7-14/h4-10,15,19H,3,11-13H2,1-2H3/t15-/m1/s1. The fourth-order valence-electron chi connectivity index (χ4n) is 2.22. The molecule has 0 aliphatic rings. The Hall–Kier alpha value is -1.78. The second-order valence-electron chi connectivity index (χ2n) is 5.16. The van der Waals surface area contributed by atoms with Gasteiger partial charge in [-0.25, -0.2) is 0 Å². The predicted molar refractivity (Wildman–Crippen MR) is 82.1 cm³/mol. The monoisotopic (exact) mass is 289 g/mol. The lowest BCUT2D eigenvalue weighted by atomic mass is 10.1. The van der Waals surface area contributed by atoms with E-state index in [2.05, 4.69) is 4.90 Å². The van der Waals surface area contributed by atoms with Gasteiger partial charge in [0.1, 0.15) is 11.5 Å². The minimum absolute atomic E-state index is 0.321. The van der Waals surface area contributed by atoms with Gasteiger partial charge in [0.25, 0.3) is 0 Å². The van der Waals surface area contributed by atoms with Crippen LogP contribution in [-0.4, -0.2) is 29.8 Å². The van der Waals surface area contributed by atoms with Crippen molar-refractivity contribution in [2.45, 2.75) is 32.5 Å². The van der Waals surface area contributed by atoms with E-state index in [1.54, 1.807) is 13.4 Å². The van der Waals surface area contributed by atoms with Gasteiger partial charge in [0, 0.05) is 13.1 Å². The summed E-state index contributed by atoms with van der Waals surface area (Å²) < 4.78 is 10.6. The van der Waals surface area contributed by atoms with Crippen molar-refractivity contribution >= 4 is 0 Å². The average molecular weight is 289 g/mol. The Labute approximate surface area is 126 Å². The summed E-state index contributed by atoms with van der Waals surface area (Å²) in [7, 11) is 1.66. The lowest BCUT2D eigenvalue weighted by molar-refractivity contribution is 0.0973. The van der Waals surface area contributed by atoms with Crippen molar-refractivity contribution in [1.29, 1.82) is 0 Å². The molecule has 114 valence electrons. The lowest BCUT2D eigenvalue weighted by Gasteiger charge is -2.24. The van der Waals surface area contributed by atoms with Crippen molar-refractivity contribution < 1.29 is 14.3 Å². The van der Waals surface area contributed by atoms with Gasteiger partial charge in [0.05, 0.1) is 26.0 Å². The zero-order valence-corrected chi connectivity index (χ0v) is 12.7. The first kappa shape index (κ1) is 15.6. The number of aliphatic hydroxyl groups is 1. The molecule has 0 fully saturated rings. The quantitative estimate of drug-likeness (QED) is 0.811. The number of hydrogen-bond acceptors (Lipinski definition) is 4. The first-order valence-corrected chi connectivity index (χ1v) is 7.27. The number of rotatable bonds is 8. The number of methoxy groups -OCH3 is 1. The van der Waals surface area contributed by atoms with Crippen molar-refractivity contribution in [3.05, 3.63) is 54.0 Å². The van der Waals surface area contributed by atoms with Crippen LogP contribution < -0.4 is 4.74 Å². The Bertz CT molecular complexity index is 507. The van der Waals surface area contributed by atoms with Gasteiger partial charge in [-0.2, -0.15) is 0 Å². The highest BCUT2D eigenvalue weighted by Gasteiger charge is 2.13. The predicted octanol–water partition coefficient (Wildman–Crippen LogP) is 3.06. The van der Waals surface area contributed by atoms with Gasteiger partial charge < -0.3 is 14.3 Å². The number of aliphatic hydroxyl groups excluding tert-OH is 1.